The van der Waals surface area contributed by atoms with Crippen LogP contribution in [0.5, 0.6) is 11.5 Å². The minimum Gasteiger partial charge on any atom is -0.497 e. The highest BCUT2D eigenvalue weighted by molar-refractivity contribution is 5.92. The van der Waals surface area contributed by atoms with Gasteiger partial charge in [0.1, 0.15) is 28.5 Å². The molecule has 6 nitrogen and oxygen atoms in total. The highest BCUT2D eigenvalue weighted by Gasteiger charge is 2.66. The summed E-state index contributed by atoms with van der Waals surface area (Å²) in [6, 6.07) is 13.3. The number of ether oxygens (including phenoxy) is 3. The van der Waals surface area contributed by atoms with Crippen LogP contribution in [-0.2, 0) is 14.3 Å². The van der Waals surface area contributed by atoms with E-state index < -0.39 is 35.2 Å². The van der Waals surface area contributed by atoms with Crippen molar-refractivity contribution in [2.24, 2.45) is 0 Å². The largest absolute Gasteiger partial charge is 0.497 e. The van der Waals surface area contributed by atoms with Crippen LogP contribution in [0.15, 0.2) is 54.6 Å². The van der Waals surface area contributed by atoms with Crippen molar-refractivity contribution in [2.45, 2.75) is 56.4 Å². The van der Waals surface area contributed by atoms with Crippen molar-refractivity contribution >= 4 is 17.8 Å². The molecule has 0 aromatic heterocycles. The molecule has 1 saturated carbocycles. The number of Topliss-reactive ketones (excluding diaryl/α,β-unsaturated/α-hetero) is 1. The van der Waals surface area contributed by atoms with Gasteiger partial charge >= 0.3 is 5.97 Å². The fourth-order valence-electron chi connectivity index (χ4n) is 4.16. The molecule has 0 amide bonds. The van der Waals surface area contributed by atoms with Gasteiger partial charge in [0.05, 0.1) is 14.2 Å². The van der Waals surface area contributed by atoms with E-state index in [1.54, 1.807) is 76.4 Å². The normalized spacial score (nSPS) is 25.3. The predicted octanol–water partition coefficient (Wildman–Crippen LogP) is 4.64. The summed E-state index contributed by atoms with van der Waals surface area (Å²) in [7, 11) is 3.04. The summed E-state index contributed by atoms with van der Waals surface area (Å²) in [4.78, 5) is 26.0. The second-order valence-electron chi connectivity index (χ2n) is 9.49. The van der Waals surface area contributed by atoms with Crippen LogP contribution in [0.1, 0.15) is 50.7 Å². The molecule has 3 rings (SSSR count). The Morgan fingerprint density at radius 2 is 1.56 bits per heavy atom. The standard InChI is InChI=1S/C27H31FO6/c1-25(2,3)34-24(30)27(28)23(19-8-12-22(33-5)13-9-19)16-20(29)17-26(27,31)15-14-18-6-10-21(32-4)11-7-18/h6-15,23,31H,16-17H2,1-5H3/b15-14+/t23-,26+,27-/m0/s1. The zero-order valence-corrected chi connectivity index (χ0v) is 20.1. The van der Waals surface area contributed by atoms with Gasteiger partial charge in [-0.05, 0) is 62.2 Å². The summed E-state index contributed by atoms with van der Waals surface area (Å²) >= 11 is 0. The van der Waals surface area contributed by atoms with E-state index in [9.17, 15) is 14.7 Å². The third kappa shape index (κ3) is 5.14. The fraction of sp³-hybridized carbons (Fsp3) is 0.407. The molecule has 3 atom stereocenters. The fourth-order valence-corrected chi connectivity index (χ4v) is 4.16. The van der Waals surface area contributed by atoms with Crippen LogP contribution >= 0.6 is 0 Å². The van der Waals surface area contributed by atoms with Gasteiger partial charge in [-0.3, -0.25) is 4.79 Å². The smallest absolute Gasteiger partial charge is 0.348 e. The van der Waals surface area contributed by atoms with E-state index in [-0.39, 0.29) is 12.2 Å². The van der Waals surface area contributed by atoms with E-state index in [0.717, 1.165) is 0 Å². The lowest BCUT2D eigenvalue weighted by Crippen LogP contribution is -2.63. The molecule has 2 aromatic rings. The number of benzene rings is 2. The van der Waals surface area contributed by atoms with Crippen molar-refractivity contribution in [3.63, 3.8) is 0 Å². The number of halogens is 1. The van der Waals surface area contributed by atoms with Crippen molar-refractivity contribution < 1.29 is 33.3 Å². The first-order valence-corrected chi connectivity index (χ1v) is 11.1. The zero-order chi connectivity index (χ0) is 25.1. The molecule has 34 heavy (non-hydrogen) atoms. The maximum atomic E-state index is 17.1. The van der Waals surface area contributed by atoms with Gasteiger partial charge in [0.2, 0.25) is 5.67 Å². The molecule has 0 unspecified atom stereocenters. The maximum Gasteiger partial charge on any atom is 0.348 e. The first kappa shape index (κ1) is 25.4. The molecular formula is C27H31FO6. The number of ketones is 1. The molecule has 0 saturated heterocycles. The number of aliphatic hydroxyl groups is 1. The van der Waals surface area contributed by atoms with Crippen LogP contribution in [0.3, 0.4) is 0 Å². The Morgan fingerprint density at radius 1 is 1.03 bits per heavy atom. The molecule has 1 aliphatic rings. The number of methoxy groups -OCH3 is 2. The van der Waals surface area contributed by atoms with E-state index >= 15 is 4.39 Å². The molecule has 0 bridgehead atoms. The number of carbonyl (C=O) groups is 2. The van der Waals surface area contributed by atoms with E-state index in [2.05, 4.69) is 0 Å². The Bertz CT molecular complexity index is 1050. The molecule has 1 aliphatic carbocycles. The van der Waals surface area contributed by atoms with Gasteiger partial charge in [0, 0.05) is 18.8 Å². The molecule has 0 radical (unpaired) electrons. The second-order valence-corrected chi connectivity index (χ2v) is 9.49. The number of hydrogen-bond donors (Lipinski definition) is 1. The van der Waals surface area contributed by atoms with Gasteiger partial charge in [-0.2, -0.15) is 0 Å². The third-order valence-electron chi connectivity index (χ3n) is 5.89. The van der Waals surface area contributed by atoms with Gasteiger partial charge in [-0.1, -0.05) is 30.3 Å². The van der Waals surface area contributed by atoms with Crippen LogP contribution in [-0.4, -0.2) is 47.9 Å². The predicted molar refractivity (Wildman–Crippen MR) is 127 cm³/mol. The Kier molecular flexibility index (Phi) is 7.17. The van der Waals surface area contributed by atoms with Crippen molar-refractivity contribution in [1.82, 2.24) is 0 Å². The van der Waals surface area contributed by atoms with Crippen LogP contribution in [0.4, 0.5) is 4.39 Å². The minimum absolute atomic E-state index is 0.249. The first-order valence-electron chi connectivity index (χ1n) is 11.1. The van der Waals surface area contributed by atoms with E-state index in [0.29, 0.717) is 22.6 Å². The maximum absolute atomic E-state index is 17.1. The van der Waals surface area contributed by atoms with Gasteiger partial charge in [0.15, 0.2) is 0 Å². The molecule has 182 valence electrons. The molecule has 7 heteroatoms. The molecule has 0 aliphatic heterocycles. The summed E-state index contributed by atoms with van der Waals surface area (Å²) in [5.74, 6) is -1.64. The lowest BCUT2D eigenvalue weighted by atomic mass is 9.63. The number of rotatable bonds is 6. The minimum atomic E-state index is -2.91. The second kappa shape index (κ2) is 9.58. The van der Waals surface area contributed by atoms with Crippen LogP contribution < -0.4 is 9.47 Å². The Morgan fingerprint density at radius 3 is 2.06 bits per heavy atom. The SMILES string of the molecule is COc1ccc(/C=C/[C@@]2(O)CC(=O)C[C@@H](c3ccc(OC)cc3)[C@]2(F)C(=O)OC(C)(C)C)cc1. The van der Waals surface area contributed by atoms with Crippen molar-refractivity contribution in [1.29, 1.82) is 0 Å². The quantitative estimate of drug-likeness (QED) is 0.619. The lowest BCUT2D eigenvalue weighted by molar-refractivity contribution is -0.194. The van der Waals surface area contributed by atoms with Crippen LogP contribution in [0.2, 0.25) is 0 Å². The van der Waals surface area contributed by atoms with Crippen molar-refractivity contribution in [2.75, 3.05) is 14.2 Å². The summed E-state index contributed by atoms with van der Waals surface area (Å²) < 4.78 is 32.8. The molecule has 1 fully saturated rings. The first-order chi connectivity index (χ1) is 15.9. The molecular weight excluding hydrogens is 439 g/mol. The van der Waals surface area contributed by atoms with Crippen LogP contribution in [0.25, 0.3) is 6.08 Å². The monoisotopic (exact) mass is 470 g/mol. The average Bonchev–Trinajstić information content (AvgIpc) is 2.79. The summed E-state index contributed by atoms with van der Waals surface area (Å²) in [5, 5.41) is 11.6. The van der Waals surface area contributed by atoms with Crippen molar-refractivity contribution in [3.8, 4) is 11.5 Å². The highest BCUT2D eigenvalue weighted by Crippen LogP contribution is 2.50. The van der Waals surface area contributed by atoms with E-state index in [1.165, 1.54) is 19.3 Å². The number of carbonyl (C=O) groups excluding carboxylic acids is 2. The van der Waals surface area contributed by atoms with Gasteiger partial charge in [-0.15, -0.1) is 0 Å². The zero-order valence-electron chi connectivity index (χ0n) is 20.1. The van der Waals surface area contributed by atoms with Gasteiger partial charge < -0.3 is 19.3 Å². The van der Waals surface area contributed by atoms with E-state index in [4.69, 9.17) is 14.2 Å². The highest BCUT2D eigenvalue weighted by atomic mass is 19.1. The Hall–Kier alpha value is -3.19. The van der Waals surface area contributed by atoms with Gasteiger partial charge in [0.25, 0.3) is 0 Å². The molecule has 1 N–H and O–H groups in total. The van der Waals surface area contributed by atoms with Crippen LogP contribution in [0, 0.1) is 0 Å². The number of alkyl halides is 1. The van der Waals surface area contributed by atoms with E-state index in [1.807, 2.05) is 0 Å². The number of esters is 1. The number of hydrogen-bond acceptors (Lipinski definition) is 6. The topological polar surface area (TPSA) is 82.1 Å². The third-order valence-corrected chi connectivity index (χ3v) is 5.89. The van der Waals surface area contributed by atoms with Gasteiger partial charge in [-0.25, -0.2) is 9.18 Å². The lowest BCUT2D eigenvalue weighted by Gasteiger charge is -2.46. The Labute approximate surface area is 199 Å². The molecule has 0 heterocycles. The summed E-state index contributed by atoms with van der Waals surface area (Å²) in [5.41, 5.74) is -5.30. The molecule has 2 aromatic carbocycles. The average molecular weight is 471 g/mol. The summed E-state index contributed by atoms with van der Waals surface area (Å²) in [6.45, 7) is 4.87. The summed E-state index contributed by atoms with van der Waals surface area (Å²) in [6.07, 6.45) is 1.87. The molecule has 0 spiro atoms. The Balaban J connectivity index is 2.10. The van der Waals surface area contributed by atoms with Crippen molar-refractivity contribution in [3.05, 3.63) is 65.7 Å².